The molecule has 1 N–H and O–H groups in total. The smallest absolute Gasteiger partial charge is 0.263 e. The van der Waals surface area contributed by atoms with E-state index < -0.39 is 10.0 Å². The van der Waals surface area contributed by atoms with Crippen molar-refractivity contribution in [3.05, 3.63) is 52.3 Å². The van der Waals surface area contributed by atoms with Crippen molar-refractivity contribution in [1.29, 1.82) is 0 Å². The molecule has 0 fully saturated rings. The van der Waals surface area contributed by atoms with E-state index in [0.29, 0.717) is 22.3 Å². The lowest BCUT2D eigenvalue weighted by Crippen LogP contribution is -2.21. The Morgan fingerprint density at radius 1 is 1.32 bits per heavy atom. The lowest BCUT2D eigenvalue weighted by atomic mass is 10.1. The van der Waals surface area contributed by atoms with Gasteiger partial charge in [-0.15, -0.1) is 0 Å². The van der Waals surface area contributed by atoms with Gasteiger partial charge in [0.05, 0.1) is 5.69 Å². The van der Waals surface area contributed by atoms with E-state index in [1.807, 2.05) is 12.1 Å². The zero-order valence-corrected chi connectivity index (χ0v) is 16.2. The van der Waals surface area contributed by atoms with Crippen molar-refractivity contribution in [3.8, 4) is 0 Å². The minimum absolute atomic E-state index is 0.115. The van der Waals surface area contributed by atoms with Gasteiger partial charge in [-0.2, -0.15) is 0 Å². The SMILES string of the molecule is Cc1cc(S(=O)(=O)Nc2cccc3c2CN(CC(C)C)C3)cnc1Cl. The first-order valence-corrected chi connectivity index (χ1v) is 10.1. The van der Waals surface area contributed by atoms with Gasteiger partial charge in [-0.25, -0.2) is 13.4 Å². The summed E-state index contributed by atoms with van der Waals surface area (Å²) in [4.78, 5) is 6.39. The number of nitrogens with one attached hydrogen (secondary N) is 1. The number of aromatic nitrogens is 1. The van der Waals surface area contributed by atoms with E-state index >= 15 is 0 Å². The fraction of sp³-hybridized carbons (Fsp3) is 0.389. The van der Waals surface area contributed by atoms with E-state index in [-0.39, 0.29) is 4.90 Å². The van der Waals surface area contributed by atoms with Crippen molar-refractivity contribution >= 4 is 27.3 Å². The van der Waals surface area contributed by atoms with Crippen molar-refractivity contribution in [2.45, 2.75) is 38.8 Å². The summed E-state index contributed by atoms with van der Waals surface area (Å²) in [6, 6.07) is 7.29. The molecule has 0 amide bonds. The highest BCUT2D eigenvalue weighted by molar-refractivity contribution is 7.92. The van der Waals surface area contributed by atoms with Crippen LogP contribution >= 0.6 is 11.6 Å². The van der Waals surface area contributed by atoms with Crippen LogP contribution in [0.5, 0.6) is 0 Å². The third kappa shape index (κ3) is 3.97. The summed E-state index contributed by atoms with van der Waals surface area (Å²) in [6.07, 6.45) is 1.28. The first kappa shape index (κ1) is 18.2. The van der Waals surface area contributed by atoms with Gasteiger partial charge in [0.25, 0.3) is 10.0 Å². The van der Waals surface area contributed by atoms with E-state index in [2.05, 4.69) is 34.5 Å². The highest BCUT2D eigenvalue weighted by atomic mass is 35.5. The zero-order valence-electron chi connectivity index (χ0n) is 14.6. The maximum Gasteiger partial charge on any atom is 0.263 e. The summed E-state index contributed by atoms with van der Waals surface area (Å²) in [6.45, 7) is 8.69. The molecule has 1 aliphatic rings. The summed E-state index contributed by atoms with van der Waals surface area (Å²) in [5.41, 5.74) is 3.49. The topological polar surface area (TPSA) is 62.3 Å². The zero-order chi connectivity index (χ0) is 18.2. The number of pyridine rings is 1. The van der Waals surface area contributed by atoms with Crippen LogP contribution < -0.4 is 4.72 Å². The Morgan fingerprint density at radius 2 is 2.08 bits per heavy atom. The molecule has 134 valence electrons. The van der Waals surface area contributed by atoms with Crippen molar-refractivity contribution in [2.24, 2.45) is 5.92 Å². The van der Waals surface area contributed by atoms with Crippen molar-refractivity contribution < 1.29 is 8.42 Å². The number of hydrogen-bond donors (Lipinski definition) is 1. The molecule has 0 atom stereocenters. The highest BCUT2D eigenvalue weighted by Gasteiger charge is 2.24. The summed E-state index contributed by atoms with van der Waals surface area (Å²) in [5, 5.41) is 0.309. The molecule has 1 aliphatic heterocycles. The average Bonchev–Trinajstić information content (AvgIpc) is 2.92. The first-order chi connectivity index (χ1) is 11.8. The number of halogens is 1. The molecule has 0 aliphatic carbocycles. The number of aryl methyl sites for hydroxylation is 1. The number of anilines is 1. The van der Waals surface area contributed by atoms with Gasteiger partial charge in [-0.05, 0) is 41.7 Å². The number of nitrogens with zero attached hydrogens (tertiary/aromatic N) is 2. The molecule has 0 spiro atoms. The second-order valence-electron chi connectivity index (χ2n) is 6.89. The summed E-state index contributed by atoms with van der Waals surface area (Å²) < 4.78 is 28.2. The third-order valence-corrected chi connectivity index (χ3v) is 5.94. The molecule has 2 heterocycles. The Hall–Kier alpha value is -1.63. The van der Waals surface area contributed by atoms with Crippen LogP contribution in [-0.2, 0) is 23.1 Å². The number of hydrogen-bond acceptors (Lipinski definition) is 4. The van der Waals surface area contributed by atoms with E-state index in [1.54, 1.807) is 6.92 Å². The summed E-state index contributed by atoms with van der Waals surface area (Å²) >= 11 is 5.89. The van der Waals surface area contributed by atoms with Gasteiger partial charge in [-0.3, -0.25) is 9.62 Å². The van der Waals surface area contributed by atoms with Crippen LogP contribution in [0, 0.1) is 12.8 Å². The quantitative estimate of drug-likeness (QED) is 0.802. The molecule has 2 aromatic rings. The molecule has 0 saturated heterocycles. The second-order valence-corrected chi connectivity index (χ2v) is 8.93. The van der Waals surface area contributed by atoms with Crippen LogP contribution in [-0.4, -0.2) is 24.8 Å². The van der Waals surface area contributed by atoms with Gasteiger partial charge in [0.2, 0.25) is 0 Å². The van der Waals surface area contributed by atoms with Gasteiger partial charge in [0.1, 0.15) is 10.0 Å². The minimum atomic E-state index is -3.70. The fourth-order valence-corrected chi connectivity index (χ4v) is 4.34. The van der Waals surface area contributed by atoms with E-state index in [4.69, 9.17) is 11.6 Å². The second kappa shape index (κ2) is 6.94. The van der Waals surface area contributed by atoms with E-state index in [0.717, 1.165) is 25.2 Å². The molecule has 25 heavy (non-hydrogen) atoms. The number of sulfonamides is 1. The molecule has 5 nitrogen and oxygen atoms in total. The monoisotopic (exact) mass is 379 g/mol. The van der Waals surface area contributed by atoms with Gasteiger partial charge in [0, 0.05) is 25.8 Å². The molecular formula is C18H22ClN3O2S. The Kier molecular flexibility index (Phi) is 5.04. The lowest BCUT2D eigenvalue weighted by molar-refractivity contribution is 0.251. The van der Waals surface area contributed by atoms with Crippen LogP contribution in [0.4, 0.5) is 5.69 Å². The Labute approximate surface area is 154 Å². The Morgan fingerprint density at radius 3 is 2.76 bits per heavy atom. The number of benzene rings is 1. The lowest BCUT2D eigenvalue weighted by Gasteiger charge is -2.17. The summed E-state index contributed by atoms with van der Waals surface area (Å²) in [5.74, 6) is 0.567. The number of fused-ring (bicyclic) bond motifs is 1. The average molecular weight is 380 g/mol. The molecule has 0 saturated carbocycles. The molecule has 0 bridgehead atoms. The maximum atomic E-state index is 12.7. The third-order valence-electron chi connectivity index (χ3n) is 4.22. The van der Waals surface area contributed by atoms with Crippen LogP contribution in [0.1, 0.15) is 30.5 Å². The standard InChI is InChI=1S/C18H22ClN3O2S/c1-12(2)9-22-10-14-5-4-6-17(16(14)11-22)21-25(23,24)15-7-13(3)18(19)20-8-15/h4-8,12,21H,9-11H2,1-3H3. The molecule has 1 aromatic carbocycles. The molecular weight excluding hydrogens is 358 g/mol. The van der Waals surface area contributed by atoms with Gasteiger partial charge < -0.3 is 0 Å². The molecule has 1 aromatic heterocycles. The maximum absolute atomic E-state index is 12.7. The van der Waals surface area contributed by atoms with Gasteiger partial charge >= 0.3 is 0 Å². The van der Waals surface area contributed by atoms with Crippen molar-refractivity contribution in [2.75, 3.05) is 11.3 Å². The molecule has 3 rings (SSSR count). The van der Waals surface area contributed by atoms with Crippen LogP contribution in [0.2, 0.25) is 5.15 Å². The first-order valence-electron chi connectivity index (χ1n) is 8.24. The number of rotatable bonds is 5. The van der Waals surface area contributed by atoms with Gasteiger partial charge in [-0.1, -0.05) is 37.6 Å². The summed E-state index contributed by atoms with van der Waals surface area (Å²) in [7, 11) is -3.70. The molecule has 0 radical (unpaired) electrons. The fourth-order valence-electron chi connectivity index (χ4n) is 3.11. The molecule has 0 unspecified atom stereocenters. The highest BCUT2D eigenvalue weighted by Crippen LogP contribution is 2.31. The van der Waals surface area contributed by atoms with E-state index in [1.165, 1.54) is 17.8 Å². The molecule has 7 heteroatoms. The van der Waals surface area contributed by atoms with Crippen LogP contribution in [0.15, 0.2) is 35.4 Å². The predicted molar refractivity (Wildman–Crippen MR) is 100 cm³/mol. The van der Waals surface area contributed by atoms with E-state index in [9.17, 15) is 8.42 Å². The largest absolute Gasteiger partial charge is 0.294 e. The van der Waals surface area contributed by atoms with Crippen molar-refractivity contribution in [1.82, 2.24) is 9.88 Å². The van der Waals surface area contributed by atoms with Crippen molar-refractivity contribution in [3.63, 3.8) is 0 Å². The van der Waals surface area contributed by atoms with Crippen LogP contribution in [0.3, 0.4) is 0 Å². The minimum Gasteiger partial charge on any atom is -0.294 e. The predicted octanol–water partition coefficient (Wildman–Crippen LogP) is 3.82. The normalized spacial score (nSPS) is 14.8. The van der Waals surface area contributed by atoms with Gasteiger partial charge in [0.15, 0.2) is 0 Å². The Balaban J connectivity index is 1.87. The Bertz CT molecular complexity index is 897. The van der Waals surface area contributed by atoms with Crippen LogP contribution in [0.25, 0.3) is 0 Å².